The van der Waals surface area contributed by atoms with E-state index in [4.69, 9.17) is 9.47 Å². The highest BCUT2D eigenvalue weighted by Crippen LogP contribution is 2.16. The minimum absolute atomic E-state index is 0.206. The molecule has 0 fully saturated rings. The molecule has 2 N–H and O–H groups in total. The lowest BCUT2D eigenvalue weighted by molar-refractivity contribution is -0.125. The Bertz CT molecular complexity index is 687. The van der Waals surface area contributed by atoms with Crippen molar-refractivity contribution in [1.82, 2.24) is 5.32 Å². The monoisotopic (exact) mass is 332 g/mol. The van der Waals surface area contributed by atoms with E-state index in [-0.39, 0.29) is 13.2 Å². The van der Waals surface area contributed by atoms with Crippen LogP contribution in [0.4, 0.5) is 10.1 Å². The topological polar surface area (TPSA) is 76.7 Å². The molecule has 0 aliphatic rings. The highest BCUT2D eigenvalue weighted by Gasteiger charge is 2.07. The molecule has 0 heterocycles. The van der Waals surface area contributed by atoms with Crippen molar-refractivity contribution in [3.8, 4) is 11.5 Å². The predicted molar refractivity (Wildman–Crippen MR) is 86.5 cm³/mol. The van der Waals surface area contributed by atoms with Crippen LogP contribution in [0.5, 0.6) is 11.5 Å². The Morgan fingerprint density at radius 1 is 0.958 bits per heavy atom. The second-order valence-electron chi connectivity index (χ2n) is 4.80. The van der Waals surface area contributed by atoms with E-state index in [9.17, 15) is 14.0 Å². The van der Waals surface area contributed by atoms with E-state index >= 15 is 0 Å². The lowest BCUT2D eigenvalue weighted by Gasteiger charge is -2.08. The van der Waals surface area contributed by atoms with Crippen LogP contribution in [0.2, 0.25) is 0 Å². The van der Waals surface area contributed by atoms with Gasteiger partial charge in [-0.3, -0.25) is 9.59 Å². The van der Waals surface area contributed by atoms with Gasteiger partial charge in [0.15, 0.2) is 6.61 Å². The smallest absolute Gasteiger partial charge is 0.258 e. The molecule has 0 aliphatic carbocycles. The van der Waals surface area contributed by atoms with Crippen molar-refractivity contribution in [2.45, 2.75) is 0 Å². The lowest BCUT2D eigenvalue weighted by atomic mass is 10.3. The van der Waals surface area contributed by atoms with E-state index < -0.39 is 17.6 Å². The van der Waals surface area contributed by atoms with Crippen molar-refractivity contribution in [3.63, 3.8) is 0 Å². The number of amides is 2. The first-order valence-corrected chi connectivity index (χ1v) is 7.16. The van der Waals surface area contributed by atoms with Gasteiger partial charge in [0.05, 0.1) is 13.7 Å². The number of halogens is 1. The van der Waals surface area contributed by atoms with Crippen LogP contribution in [0, 0.1) is 5.82 Å². The molecule has 0 saturated carbocycles. The van der Waals surface area contributed by atoms with Crippen molar-refractivity contribution in [2.24, 2.45) is 0 Å². The summed E-state index contributed by atoms with van der Waals surface area (Å²) in [6.45, 7) is -0.418. The second kappa shape index (κ2) is 8.52. The summed E-state index contributed by atoms with van der Waals surface area (Å²) in [6.07, 6.45) is 0. The van der Waals surface area contributed by atoms with E-state index in [0.717, 1.165) is 0 Å². The van der Waals surface area contributed by atoms with Crippen LogP contribution < -0.4 is 20.1 Å². The maximum Gasteiger partial charge on any atom is 0.258 e. The van der Waals surface area contributed by atoms with Gasteiger partial charge < -0.3 is 20.1 Å². The van der Waals surface area contributed by atoms with Crippen LogP contribution in [-0.2, 0) is 9.59 Å². The summed E-state index contributed by atoms with van der Waals surface area (Å²) in [4.78, 5) is 23.3. The highest BCUT2D eigenvalue weighted by atomic mass is 19.1. The Morgan fingerprint density at radius 3 is 2.21 bits per heavy atom. The Morgan fingerprint density at radius 2 is 1.58 bits per heavy atom. The van der Waals surface area contributed by atoms with Gasteiger partial charge in [0, 0.05) is 5.69 Å². The molecule has 0 aromatic heterocycles. The summed E-state index contributed by atoms with van der Waals surface area (Å²) in [5.74, 6) is -0.0394. The molecule has 0 bridgehead atoms. The van der Waals surface area contributed by atoms with Gasteiger partial charge in [0.2, 0.25) is 5.91 Å². The van der Waals surface area contributed by atoms with Crippen molar-refractivity contribution in [2.75, 3.05) is 25.6 Å². The van der Waals surface area contributed by atoms with Gasteiger partial charge in [0.25, 0.3) is 5.91 Å². The largest absolute Gasteiger partial charge is 0.497 e. The third kappa shape index (κ3) is 5.60. The number of carbonyl (C=O) groups excluding carboxylic acids is 2. The van der Waals surface area contributed by atoms with Gasteiger partial charge in [-0.25, -0.2) is 4.39 Å². The Balaban J connectivity index is 1.70. The molecule has 0 radical (unpaired) electrons. The Hall–Kier alpha value is -3.09. The van der Waals surface area contributed by atoms with Crippen LogP contribution >= 0.6 is 0 Å². The van der Waals surface area contributed by atoms with Gasteiger partial charge >= 0.3 is 0 Å². The number of carbonyl (C=O) groups is 2. The fourth-order valence-electron chi connectivity index (χ4n) is 1.79. The maximum absolute atomic E-state index is 12.8. The zero-order valence-corrected chi connectivity index (χ0v) is 13.0. The van der Waals surface area contributed by atoms with Gasteiger partial charge in [0.1, 0.15) is 17.3 Å². The van der Waals surface area contributed by atoms with Gasteiger partial charge in [-0.05, 0) is 48.5 Å². The van der Waals surface area contributed by atoms with E-state index in [1.807, 2.05) is 0 Å². The first-order chi connectivity index (χ1) is 11.6. The normalized spacial score (nSPS) is 9.92. The summed E-state index contributed by atoms with van der Waals surface area (Å²) >= 11 is 0. The van der Waals surface area contributed by atoms with Crippen LogP contribution in [0.15, 0.2) is 48.5 Å². The summed E-state index contributed by atoms with van der Waals surface area (Å²) in [5.41, 5.74) is 0.449. The molecule has 2 aromatic rings. The van der Waals surface area contributed by atoms with E-state index in [1.54, 1.807) is 31.4 Å². The number of hydrogen-bond donors (Lipinski definition) is 2. The van der Waals surface area contributed by atoms with Crippen molar-refractivity contribution < 1.29 is 23.5 Å². The van der Waals surface area contributed by atoms with Crippen LogP contribution in [0.25, 0.3) is 0 Å². The van der Waals surface area contributed by atoms with Crippen molar-refractivity contribution >= 4 is 17.5 Å². The molecule has 0 saturated heterocycles. The number of anilines is 1. The third-order valence-corrected chi connectivity index (χ3v) is 3.00. The quantitative estimate of drug-likeness (QED) is 0.813. The highest BCUT2D eigenvalue weighted by molar-refractivity contribution is 5.94. The molecule has 0 spiro atoms. The fraction of sp³-hybridized carbons (Fsp3) is 0.176. The Kier molecular flexibility index (Phi) is 6.13. The predicted octanol–water partition coefficient (Wildman–Crippen LogP) is 1.97. The lowest BCUT2D eigenvalue weighted by Crippen LogP contribution is -2.35. The van der Waals surface area contributed by atoms with Gasteiger partial charge in [-0.1, -0.05) is 0 Å². The zero-order valence-electron chi connectivity index (χ0n) is 13.0. The molecule has 2 rings (SSSR count). The molecule has 126 valence electrons. The molecule has 2 aromatic carbocycles. The minimum Gasteiger partial charge on any atom is -0.497 e. The Labute approximate surface area is 138 Å². The van der Waals surface area contributed by atoms with E-state index in [2.05, 4.69) is 10.6 Å². The maximum atomic E-state index is 12.8. The van der Waals surface area contributed by atoms with Gasteiger partial charge in [-0.2, -0.15) is 0 Å². The summed E-state index contributed by atoms with van der Waals surface area (Å²) in [5, 5.41) is 4.97. The van der Waals surface area contributed by atoms with Crippen LogP contribution in [0.3, 0.4) is 0 Å². The first-order valence-electron chi connectivity index (χ1n) is 7.16. The molecule has 2 amide bonds. The van der Waals surface area contributed by atoms with E-state index in [1.165, 1.54) is 24.3 Å². The number of benzene rings is 2. The summed E-state index contributed by atoms with van der Waals surface area (Å²) in [6, 6.07) is 12.1. The number of methoxy groups -OCH3 is 1. The third-order valence-electron chi connectivity index (χ3n) is 3.00. The van der Waals surface area contributed by atoms with Crippen LogP contribution in [0.1, 0.15) is 0 Å². The SMILES string of the molecule is COc1ccc(OCC(=O)NCC(=O)Nc2ccc(F)cc2)cc1. The van der Waals surface area contributed by atoms with Crippen LogP contribution in [-0.4, -0.2) is 32.1 Å². The number of ether oxygens (including phenoxy) is 2. The minimum atomic E-state index is -0.430. The molecule has 6 nitrogen and oxygen atoms in total. The first kappa shape index (κ1) is 17.3. The molecule has 0 unspecified atom stereocenters. The average molecular weight is 332 g/mol. The van der Waals surface area contributed by atoms with Crippen molar-refractivity contribution in [1.29, 1.82) is 0 Å². The van der Waals surface area contributed by atoms with E-state index in [0.29, 0.717) is 17.2 Å². The molecular formula is C17H17FN2O4. The summed E-state index contributed by atoms with van der Waals surface area (Å²) < 4.78 is 23.1. The number of nitrogens with one attached hydrogen (secondary N) is 2. The fourth-order valence-corrected chi connectivity index (χ4v) is 1.79. The molecular weight excluding hydrogens is 315 g/mol. The van der Waals surface area contributed by atoms with Crippen molar-refractivity contribution in [3.05, 3.63) is 54.3 Å². The molecule has 0 aliphatic heterocycles. The van der Waals surface area contributed by atoms with Gasteiger partial charge in [-0.15, -0.1) is 0 Å². The average Bonchev–Trinajstić information content (AvgIpc) is 2.60. The molecule has 24 heavy (non-hydrogen) atoms. The second-order valence-corrected chi connectivity index (χ2v) is 4.80. The molecule has 0 atom stereocenters. The standard InChI is InChI=1S/C17H17FN2O4/c1-23-14-6-8-15(9-7-14)24-11-17(22)19-10-16(21)20-13-4-2-12(18)3-5-13/h2-9H,10-11H2,1H3,(H,19,22)(H,20,21). The number of hydrogen-bond acceptors (Lipinski definition) is 4. The number of rotatable bonds is 7. The zero-order chi connectivity index (χ0) is 17.4. The molecule has 7 heteroatoms. The summed E-state index contributed by atoms with van der Waals surface area (Å²) in [7, 11) is 1.56.